The molecule has 1 N–H and O–H groups in total. The maximum Gasteiger partial charge on any atom is 0.288 e. The Morgan fingerprint density at radius 1 is 1.05 bits per heavy atom. The van der Waals surface area contributed by atoms with Crippen LogP contribution in [-0.4, -0.2) is 10.8 Å². The predicted octanol–water partition coefficient (Wildman–Crippen LogP) is 5.46. The summed E-state index contributed by atoms with van der Waals surface area (Å²) in [6.45, 7) is 0. The first-order valence-corrected chi connectivity index (χ1v) is 7.20. The molecule has 0 saturated heterocycles. The maximum absolute atomic E-state index is 12.3. The average molecular weight is 380 g/mol. The number of amides is 1. The summed E-state index contributed by atoms with van der Waals surface area (Å²) in [5, 5.41) is 13.6. The first kappa shape index (κ1) is 16.8. The molecule has 1 amide bonds. The van der Waals surface area contributed by atoms with E-state index in [4.69, 9.17) is 46.4 Å². The Kier molecular flexibility index (Phi) is 5.13. The van der Waals surface area contributed by atoms with Gasteiger partial charge in [0.1, 0.15) is 5.02 Å². The number of nitro benzene ring substituents is 1. The molecule has 0 atom stereocenters. The van der Waals surface area contributed by atoms with E-state index in [-0.39, 0.29) is 15.6 Å². The van der Waals surface area contributed by atoms with Crippen molar-refractivity contribution in [2.45, 2.75) is 0 Å². The van der Waals surface area contributed by atoms with Crippen LogP contribution in [0.3, 0.4) is 0 Å². The molecule has 0 aromatic heterocycles. The fourth-order valence-electron chi connectivity index (χ4n) is 1.71. The fraction of sp³-hybridized carbons (Fsp3) is 0. The van der Waals surface area contributed by atoms with E-state index in [1.807, 2.05) is 0 Å². The van der Waals surface area contributed by atoms with Crippen molar-refractivity contribution in [3.05, 3.63) is 66.1 Å². The van der Waals surface area contributed by atoms with Gasteiger partial charge in [0.2, 0.25) is 0 Å². The third-order valence-corrected chi connectivity index (χ3v) is 3.75. The second kappa shape index (κ2) is 6.71. The number of hydrogen-bond acceptors (Lipinski definition) is 3. The van der Waals surface area contributed by atoms with Gasteiger partial charge in [-0.25, -0.2) is 0 Å². The summed E-state index contributed by atoms with van der Waals surface area (Å²) < 4.78 is 0. The van der Waals surface area contributed by atoms with Crippen LogP contribution in [0.2, 0.25) is 20.1 Å². The molecule has 0 fully saturated rings. The van der Waals surface area contributed by atoms with Crippen LogP contribution in [0.5, 0.6) is 0 Å². The van der Waals surface area contributed by atoms with Gasteiger partial charge in [-0.1, -0.05) is 46.4 Å². The number of rotatable bonds is 3. The van der Waals surface area contributed by atoms with Crippen molar-refractivity contribution < 1.29 is 9.72 Å². The van der Waals surface area contributed by atoms with Crippen LogP contribution in [0.15, 0.2) is 30.3 Å². The van der Waals surface area contributed by atoms with Crippen LogP contribution < -0.4 is 5.32 Å². The number of anilines is 1. The standard InChI is InChI=1S/C13H6Cl4N2O3/c14-6-3-7(15)5-8(4-6)18-13(20)11-9(16)1-2-10(12(11)17)19(21)22/h1-5H,(H,18,20). The second-order valence-electron chi connectivity index (χ2n) is 4.12. The Labute approximate surface area is 144 Å². The maximum atomic E-state index is 12.3. The van der Waals surface area contributed by atoms with Gasteiger partial charge in [-0.3, -0.25) is 14.9 Å². The van der Waals surface area contributed by atoms with Crippen molar-refractivity contribution in [3.8, 4) is 0 Å². The van der Waals surface area contributed by atoms with Crippen LogP contribution >= 0.6 is 46.4 Å². The molecule has 2 aromatic rings. The van der Waals surface area contributed by atoms with Crippen LogP contribution in [-0.2, 0) is 0 Å². The molecule has 0 saturated carbocycles. The van der Waals surface area contributed by atoms with E-state index >= 15 is 0 Å². The minimum atomic E-state index is -0.711. The van der Waals surface area contributed by atoms with Crippen molar-refractivity contribution in [1.29, 1.82) is 0 Å². The lowest BCUT2D eigenvalue weighted by atomic mass is 10.1. The van der Waals surface area contributed by atoms with Crippen molar-refractivity contribution >= 4 is 63.7 Å². The minimum Gasteiger partial charge on any atom is -0.322 e. The predicted molar refractivity (Wildman–Crippen MR) is 87.5 cm³/mol. The summed E-state index contributed by atoms with van der Waals surface area (Å²) in [6, 6.07) is 6.77. The molecular weight excluding hydrogens is 374 g/mol. The molecular formula is C13H6Cl4N2O3. The molecule has 0 aliphatic carbocycles. The summed E-state index contributed by atoms with van der Waals surface area (Å²) in [5.74, 6) is -0.711. The lowest BCUT2D eigenvalue weighted by Gasteiger charge is -2.09. The van der Waals surface area contributed by atoms with E-state index in [2.05, 4.69) is 5.32 Å². The Morgan fingerprint density at radius 3 is 2.18 bits per heavy atom. The molecule has 2 rings (SSSR count). The molecule has 0 radical (unpaired) electrons. The average Bonchev–Trinajstić information content (AvgIpc) is 2.36. The summed E-state index contributed by atoms with van der Waals surface area (Å²) >= 11 is 23.5. The Morgan fingerprint density at radius 2 is 1.64 bits per heavy atom. The lowest BCUT2D eigenvalue weighted by Crippen LogP contribution is -2.13. The zero-order valence-electron chi connectivity index (χ0n) is 10.6. The Hall–Kier alpha value is -1.53. The van der Waals surface area contributed by atoms with E-state index in [1.54, 1.807) is 0 Å². The highest BCUT2D eigenvalue weighted by Gasteiger charge is 2.23. The number of halogens is 4. The highest BCUT2D eigenvalue weighted by Crippen LogP contribution is 2.34. The summed E-state index contributed by atoms with van der Waals surface area (Å²) in [5.41, 5.74) is -0.310. The number of benzene rings is 2. The molecule has 0 heterocycles. The van der Waals surface area contributed by atoms with E-state index in [0.717, 1.165) is 6.07 Å². The normalized spacial score (nSPS) is 10.4. The monoisotopic (exact) mass is 378 g/mol. The zero-order chi connectivity index (χ0) is 16.4. The van der Waals surface area contributed by atoms with Gasteiger partial charge in [0.15, 0.2) is 0 Å². The highest BCUT2D eigenvalue weighted by molar-refractivity contribution is 6.41. The highest BCUT2D eigenvalue weighted by atomic mass is 35.5. The van der Waals surface area contributed by atoms with E-state index < -0.39 is 16.5 Å². The summed E-state index contributed by atoms with van der Waals surface area (Å²) in [7, 11) is 0. The van der Waals surface area contributed by atoms with Crippen LogP contribution in [0.4, 0.5) is 11.4 Å². The minimum absolute atomic E-state index is 0.0128. The van der Waals surface area contributed by atoms with Gasteiger partial charge in [-0.15, -0.1) is 0 Å². The zero-order valence-corrected chi connectivity index (χ0v) is 13.6. The van der Waals surface area contributed by atoms with Gasteiger partial charge >= 0.3 is 0 Å². The van der Waals surface area contributed by atoms with Gasteiger partial charge in [0.05, 0.1) is 15.5 Å². The van der Waals surface area contributed by atoms with Gasteiger partial charge in [0.25, 0.3) is 11.6 Å². The molecule has 114 valence electrons. The Bertz CT molecular complexity index is 760. The molecule has 5 nitrogen and oxygen atoms in total. The molecule has 9 heteroatoms. The largest absolute Gasteiger partial charge is 0.322 e. The quantitative estimate of drug-likeness (QED) is 0.568. The number of carbonyl (C=O) groups excluding carboxylic acids is 1. The molecule has 22 heavy (non-hydrogen) atoms. The number of nitrogens with one attached hydrogen (secondary N) is 1. The molecule has 0 spiro atoms. The summed E-state index contributed by atoms with van der Waals surface area (Å²) in [6.07, 6.45) is 0. The van der Waals surface area contributed by atoms with Gasteiger partial charge in [0, 0.05) is 21.8 Å². The smallest absolute Gasteiger partial charge is 0.288 e. The fourth-order valence-corrected chi connectivity index (χ4v) is 2.85. The van der Waals surface area contributed by atoms with Gasteiger partial charge in [-0.05, 0) is 24.3 Å². The van der Waals surface area contributed by atoms with Crippen molar-refractivity contribution in [2.75, 3.05) is 5.32 Å². The van der Waals surface area contributed by atoms with Crippen LogP contribution in [0.1, 0.15) is 10.4 Å². The van der Waals surface area contributed by atoms with Crippen LogP contribution in [0, 0.1) is 10.1 Å². The van der Waals surface area contributed by atoms with Gasteiger partial charge < -0.3 is 5.32 Å². The first-order valence-electron chi connectivity index (χ1n) is 5.69. The van der Waals surface area contributed by atoms with Crippen molar-refractivity contribution in [2.24, 2.45) is 0 Å². The van der Waals surface area contributed by atoms with E-state index in [1.165, 1.54) is 24.3 Å². The number of nitrogens with zero attached hydrogens (tertiary/aromatic N) is 1. The third-order valence-electron chi connectivity index (χ3n) is 2.61. The molecule has 0 unspecified atom stereocenters. The van der Waals surface area contributed by atoms with Crippen molar-refractivity contribution in [1.82, 2.24) is 0 Å². The second-order valence-corrected chi connectivity index (χ2v) is 5.78. The Balaban J connectivity index is 2.41. The van der Waals surface area contributed by atoms with E-state index in [9.17, 15) is 14.9 Å². The summed E-state index contributed by atoms with van der Waals surface area (Å²) in [4.78, 5) is 22.4. The number of hydrogen-bond donors (Lipinski definition) is 1. The molecule has 0 bridgehead atoms. The SMILES string of the molecule is O=C(Nc1cc(Cl)cc(Cl)c1)c1c(Cl)ccc([N+](=O)[O-])c1Cl. The van der Waals surface area contributed by atoms with Crippen molar-refractivity contribution in [3.63, 3.8) is 0 Å². The van der Waals surface area contributed by atoms with Gasteiger partial charge in [-0.2, -0.15) is 0 Å². The lowest BCUT2D eigenvalue weighted by molar-refractivity contribution is -0.384. The number of nitro groups is 1. The topological polar surface area (TPSA) is 72.2 Å². The molecule has 2 aromatic carbocycles. The number of carbonyl (C=O) groups is 1. The third kappa shape index (κ3) is 3.62. The molecule has 0 aliphatic heterocycles. The van der Waals surface area contributed by atoms with E-state index in [0.29, 0.717) is 15.7 Å². The first-order chi connectivity index (χ1) is 10.3. The molecule has 0 aliphatic rings. The van der Waals surface area contributed by atoms with Crippen LogP contribution in [0.25, 0.3) is 0 Å².